The Hall–Kier alpha value is -3.02. The molecule has 180 valence electrons. The number of aliphatic carboxylic acids is 1. The fourth-order valence-corrected chi connectivity index (χ4v) is 4.77. The first-order chi connectivity index (χ1) is 15.7. The molecule has 0 saturated carbocycles. The number of sulfonamides is 1. The average Bonchev–Trinajstić information content (AvgIpc) is 2.95. The molecule has 2 aliphatic heterocycles. The number of nitrogens with one attached hydrogen (secondary N) is 2. The molecule has 1 amide bonds. The van der Waals surface area contributed by atoms with E-state index < -0.39 is 34.5 Å². The van der Waals surface area contributed by atoms with E-state index >= 15 is 0 Å². The van der Waals surface area contributed by atoms with Crippen LogP contribution in [0.1, 0.15) is 19.8 Å². The van der Waals surface area contributed by atoms with Crippen LogP contribution in [0.4, 0.5) is 0 Å². The van der Waals surface area contributed by atoms with E-state index in [1.165, 1.54) is 37.4 Å². The lowest BCUT2D eigenvalue weighted by molar-refractivity contribution is -0.138. The highest BCUT2D eigenvalue weighted by molar-refractivity contribution is 7.89. The number of hydrogen-bond donors (Lipinski definition) is 4. The smallest absolute Gasteiger partial charge is 0.323 e. The van der Waals surface area contributed by atoms with Crippen molar-refractivity contribution in [3.63, 3.8) is 0 Å². The van der Waals surface area contributed by atoms with E-state index in [-0.39, 0.29) is 22.8 Å². The number of carboxylic acid groups (broad SMARTS) is 1. The summed E-state index contributed by atoms with van der Waals surface area (Å²) >= 11 is 0. The third-order valence-corrected chi connectivity index (χ3v) is 6.68. The number of amides is 1. The van der Waals surface area contributed by atoms with E-state index in [0.29, 0.717) is 5.92 Å². The van der Waals surface area contributed by atoms with Crippen molar-refractivity contribution in [3.8, 4) is 0 Å². The molecule has 1 aromatic carbocycles. The van der Waals surface area contributed by atoms with Crippen LogP contribution in [-0.2, 0) is 24.4 Å². The standard InChI is InChI=1S/C21H25N3O6S.CH5N/c1-14-7-8-16-9-15(10-17(25)13-24(16)12-14)20(26)22-11-19(21(27)28)23-31(29,30)18-5-3-2-4-6-18;1-2/h2-6,9-10,14,19,23H,7-8,11-13H2,1H3,(H,22,26)(H,27,28);2H2,1H3. The predicted molar refractivity (Wildman–Crippen MR) is 122 cm³/mol. The molecule has 2 aliphatic rings. The Balaban J connectivity index is 0.00000187. The van der Waals surface area contributed by atoms with Gasteiger partial charge in [0.2, 0.25) is 10.0 Å². The molecule has 0 radical (unpaired) electrons. The highest BCUT2D eigenvalue weighted by atomic mass is 32.2. The first kappa shape index (κ1) is 26.2. The normalized spacial score (nSPS) is 19.1. The van der Waals surface area contributed by atoms with Crippen molar-refractivity contribution in [1.29, 1.82) is 0 Å². The quantitative estimate of drug-likeness (QED) is 0.434. The largest absolute Gasteiger partial charge is 0.480 e. The van der Waals surface area contributed by atoms with Crippen LogP contribution in [0.15, 0.2) is 58.6 Å². The lowest BCUT2D eigenvalue weighted by Crippen LogP contribution is -2.48. The molecule has 2 heterocycles. The number of allylic oxidation sites excluding steroid dienone is 1. The van der Waals surface area contributed by atoms with Crippen molar-refractivity contribution < 1.29 is 27.9 Å². The van der Waals surface area contributed by atoms with Gasteiger partial charge in [0.05, 0.1) is 11.4 Å². The van der Waals surface area contributed by atoms with Crippen molar-refractivity contribution in [2.24, 2.45) is 11.7 Å². The molecule has 0 aliphatic carbocycles. The van der Waals surface area contributed by atoms with E-state index in [1.807, 2.05) is 4.90 Å². The first-order valence-electron chi connectivity index (χ1n) is 10.5. The second kappa shape index (κ2) is 11.7. The average molecular weight is 479 g/mol. The fraction of sp³-hybridized carbons (Fsp3) is 0.409. The molecular weight excluding hydrogens is 448 g/mol. The van der Waals surface area contributed by atoms with E-state index in [1.54, 1.807) is 12.1 Å². The predicted octanol–water partition coefficient (Wildman–Crippen LogP) is 0.234. The second-order valence-corrected chi connectivity index (χ2v) is 9.48. The summed E-state index contributed by atoms with van der Waals surface area (Å²) in [5.74, 6) is -1.83. The monoisotopic (exact) mass is 478 g/mol. The third-order valence-electron chi connectivity index (χ3n) is 5.19. The summed E-state index contributed by atoms with van der Waals surface area (Å²) in [6.07, 6.45) is 4.59. The molecule has 1 fully saturated rings. The van der Waals surface area contributed by atoms with Gasteiger partial charge in [0, 0.05) is 24.4 Å². The number of ketones is 1. The van der Waals surface area contributed by atoms with Crippen LogP contribution in [-0.4, -0.2) is 68.8 Å². The third kappa shape index (κ3) is 7.24. The van der Waals surface area contributed by atoms with Gasteiger partial charge in [-0.2, -0.15) is 4.72 Å². The summed E-state index contributed by atoms with van der Waals surface area (Å²) in [4.78, 5) is 38.3. The lowest BCUT2D eigenvalue weighted by Gasteiger charge is -2.33. The van der Waals surface area contributed by atoms with E-state index in [9.17, 15) is 27.9 Å². The molecule has 11 heteroatoms. The maximum Gasteiger partial charge on any atom is 0.323 e. The van der Waals surface area contributed by atoms with Crippen LogP contribution in [0.5, 0.6) is 0 Å². The van der Waals surface area contributed by atoms with Gasteiger partial charge in [0.15, 0.2) is 5.78 Å². The molecule has 2 unspecified atom stereocenters. The topological polar surface area (TPSA) is 159 Å². The number of carbonyl (C=O) groups excluding carboxylic acids is 2. The number of nitrogens with zero attached hydrogens (tertiary/aromatic N) is 1. The number of carbonyl (C=O) groups is 3. The van der Waals surface area contributed by atoms with Gasteiger partial charge in [-0.1, -0.05) is 25.1 Å². The molecule has 33 heavy (non-hydrogen) atoms. The van der Waals surface area contributed by atoms with Gasteiger partial charge in [-0.05, 0) is 50.1 Å². The van der Waals surface area contributed by atoms with E-state index in [2.05, 4.69) is 22.7 Å². The van der Waals surface area contributed by atoms with E-state index in [0.717, 1.165) is 25.1 Å². The summed E-state index contributed by atoms with van der Waals surface area (Å²) in [5.41, 5.74) is 5.53. The van der Waals surface area contributed by atoms with Crippen LogP contribution >= 0.6 is 0 Å². The highest BCUT2D eigenvalue weighted by Gasteiger charge is 2.28. The molecule has 5 N–H and O–H groups in total. The zero-order chi connectivity index (χ0) is 24.6. The molecule has 10 nitrogen and oxygen atoms in total. The number of rotatable bonds is 7. The minimum atomic E-state index is -4.08. The molecule has 0 bridgehead atoms. The second-order valence-electron chi connectivity index (χ2n) is 7.76. The number of benzene rings is 1. The van der Waals surface area contributed by atoms with Gasteiger partial charge in [-0.15, -0.1) is 0 Å². The molecule has 1 saturated heterocycles. The summed E-state index contributed by atoms with van der Waals surface area (Å²) < 4.78 is 26.9. The molecule has 1 aromatic rings. The number of hydrogen-bond acceptors (Lipinski definition) is 7. The maximum atomic E-state index is 12.6. The van der Waals surface area contributed by atoms with Crippen molar-refractivity contribution in [3.05, 3.63) is 53.8 Å². The Morgan fingerprint density at radius 3 is 2.52 bits per heavy atom. The number of nitrogens with two attached hydrogens (primary N) is 1. The minimum absolute atomic E-state index is 0.0824. The molecule has 2 atom stereocenters. The molecule has 0 aromatic heterocycles. The van der Waals surface area contributed by atoms with Crippen LogP contribution in [0.25, 0.3) is 0 Å². The van der Waals surface area contributed by atoms with Crippen molar-refractivity contribution in [2.45, 2.75) is 30.7 Å². The molecule has 0 spiro atoms. The molecule has 3 rings (SSSR count). The Labute approximate surface area is 193 Å². The highest BCUT2D eigenvalue weighted by Crippen LogP contribution is 2.27. The fourth-order valence-electron chi connectivity index (χ4n) is 3.56. The van der Waals surface area contributed by atoms with Crippen LogP contribution in [0.3, 0.4) is 0 Å². The van der Waals surface area contributed by atoms with Crippen LogP contribution < -0.4 is 15.8 Å². The number of piperidine rings is 1. The van der Waals surface area contributed by atoms with Gasteiger partial charge in [-0.25, -0.2) is 8.42 Å². The number of fused-ring (bicyclic) bond motifs is 1. The van der Waals surface area contributed by atoms with Crippen molar-refractivity contribution >= 4 is 27.7 Å². The van der Waals surface area contributed by atoms with Gasteiger partial charge in [0.25, 0.3) is 5.91 Å². The zero-order valence-corrected chi connectivity index (χ0v) is 19.5. The summed E-state index contributed by atoms with van der Waals surface area (Å²) in [6, 6.07) is 5.78. The zero-order valence-electron chi connectivity index (χ0n) is 18.7. The minimum Gasteiger partial charge on any atom is -0.480 e. The number of carboxylic acids is 1. The van der Waals surface area contributed by atoms with Crippen molar-refractivity contribution in [2.75, 3.05) is 26.7 Å². The van der Waals surface area contributed by atoms with Crippen molar-refractivity contribution in [1.82, 2.24) is 14.9 Å². The summed E-state index contributed by atoms with van der Waals surface area (Å²) in [7, 11) is -2.58. The van der Waals surface area contributed by atoms with Gasteiger partial charge >= 0.3 is 5.97 Å². The lowest BCUT2D eigenvalue weighted by atomic mass is 9.97. The summed E-state index contributed by atoms with van der Waals surface area (Å²) in [6.45, 7) is 2.57. The SMILES string of the molecule is CC1CCC2=CC(C(=O)NCC(NS(=O)(=O)c3ccccc3)C(=O)O)=CC(=O)CN2C1.CN. The van der Waals surface area contributed by atoms with Gasteiger partial charge in [0.1, 0.15) is 6.04 Å². The van der Waals surface area contributed by atoms with Crippen LogP contribution in [0.2, 0.25) is 0 Å². The Morgan fingerprint density at radius 2 is 1.88 bits per heavy atom. The van der Waals surface area contributed by atoms with Gasteiger partial charge < -0.3 is 21.1 Å². The first-order valence-corrected chi connectivity index (χ1v) is 12.0. The Bertz CT molecular complexity index is 1040. The van der Waals surface area contributed by atoms with Crippen LogP contribution in [0, 0.1) is 5.92 Å². The maximum absolute atomic E-state index is 12.6. The summed E-state index contributed by atoms with van der Waals surface area (Å²) in [5, 5.41) is 11.8. The molecular formula is C22H30N4O6S. The van der Waals surface area contributed by atoms with E-state index in [4.69, 9.17) is 0 Å². The Morgan fingerprint density at radius 1 is 1.21 bits per heavy atom. The Kier molecular flexibility index (Phi) is 9.32. The van der Waals surface area contributed by atoms with Gasteiger partial charge in [-0.3, -0.25) is 14.4 Å².